The van der Waals surface area contributed by atoms with Crippen LogP contribution in [-0.4, -0.2) is 29.9 Å². The summed E-state index contributed by atoms with van der Waals surface area (Å²) in [4.78, 5) is 13.9. The molecular weight excluding hydrogens is 188 g/mol. The molecule has 2 unspecified atom stereocenters. The maximum atomic E-state index is 11.9. The lowest BCUT2D eigenvalue weighted by Crippen LogP contribution is -2.47. The van der Waals surface area contributed by atoms with E-state index in [1.807, 2.05) is 4.90 Å². The van der Waals surface area contributed by atoms with E-state index in [2.05, 4.69) is 13.5 Å². The van der Waals surface area contributed by atoms with Gasteiger partial charge >= 0.3 is 0 Å². The smallest absolute Gasteiger partial charge is 0.223 e. The van der Waals surface area contributed by atoms with Gasteiger partial charge in [0.1, 0.15) is 0 Å². The van der Waals surface area contributed by atoms with Crippen molar-refractivity contribution < 1.29 is 4.79 Å². The van der Waals surface area contributed by atoms with Gasteiger partial charge in [-0.2, -0.15) is 0 Å². The topological polar surface area (TPSA) is 46.3 Å². The highest BCUT2D eigenvalue weighted by Crippen LogP contribution is 2.22. The molecule has 0 aromatic rings. The van der Waals surface area contributed by atoms with Gasteiger partial charge in [-0.1, -0.05) is 6.08 Å². The molecule has 2 N–H and O–H groups in total. The Morgan fingerprint density at radius 3 is 2.93 bits per heavy atom. The number of piperidine rings is 1. The van der Waals surface area contributed by atoms with Crippen molar-refractivity contribution in [3.63, 3.8) is 0 Å². The zero-order valence-electron chi connectivity index (χ0n) is 9.61. The fourth-order valence-corrected chi connectivity index (χ4v) is 2.09. The Hall–Kier alpha value is -0.830. The maximum absolute atomic E-state index is 11.9. The van der Waals surface area contributed by atoms with Crippen LogP contribution in [0, 0.1) is 5.92 Å². The zero-order valence-corrected chi connectivity index (χ0v) is 9.61. The number of likely N-dealkylation sites (tertiary alicyclic amines) is 1. The Morgan fingerprint density at radius 2 is 2.33 bits per heavy atom. The van der Waals surface area contributed by atoms with Gasteiger partial charge in [0.05, 0.1) is 0 Å². The molecule has 1 amide bonds. The Labute approximate surface area is 92.3 Å². The fourth-order valence-electron chi connectivity index (χ4n) is 2.09. The lowest BCUT2D eigenvalue weighted by molar-refractivity contribution is -0.135. The first kappa shape index (κ1) is 12.2. The van der Waals surface area contributed by atoms with Crippen molar-refractivity contribution in [2.24, 2.45) is 11.7 Å². The summed E-state index contributed by atoms with van der Waals surface area (Å²) >= 11 is 0. The molecule has 86 valence electrons. The number of hydrogen-bond acceptors (Lipinski definition) is 2. The number of allylic oxidation sites excluding steroid dienone is 1. The third-order valence-corrected chi connectivity index (χ3v) is 3.20. The SMILES string of the molecule is C=CCCC(=O)N1CC(CN)CCC1C. The zero-order chi connectivity index (χ0) is 11.3. The lowest BCUT2D eigenvalue weighted by atomic mass is 9.93. The average molecular weight is 210 g/mol. The first-order chi connectivity index (χ1) is 7.19. The predicted molar refractivity (Wildman–Crippen MR) is 62.4 cm³/mol. The van der Waals surface area contributed by atoms with E-state index in [1.54, 1.807) is 6.08 Å². The molecule has 0 bridgehead atoms. The van der Waals surface area contributed by atoms with Gasteiger partial charge in [-0.05, 0) is 38.6 Å². The Morgan fingerprint density at radius 1 is 1.60 bits per heavy atom. The maximum Gasteiger partial charge on any atom is 0.223 e. The Balaban J connectivity index is 2.49. The van der Waals surface area contributed by atoms with Crippen LogP contribution in [0.1, 0.15) is 32.6 Å². The molecule has 15 heavy (non-hydrogen) atoms. The first-order valence-electron chi connectivity index (χ1n) is 5.79. The van der Waals surface area contributed by atoms with Crippen LogP contribution in [-0.2, 0) is 4.79 Å². The summed E-state index contributed by atoms with van der Waals surface area (Å²) in [6, 6.07) is 0.380. The summed E-state index contributed by atoms with van der Waals surface area (Å²) in [5.74, 6) is 0.745. The highest BCUT2D eigenvalue weighted by Gasteiger charge is 2.27. The van der Waals surface area contributed by atoms with Crippen LogP contribution in [0.2, 0.25) is 0 Å². The molecule has 1 aliphatic rings. The number of rotatable bonds is 4. The van der Waals surface area contributed by atoms with Gasteiger partial charge in [0.2, 0.25) is 5.91 Å². The second kappa shape index (κ2) is 5.91. The molecule has 0 spiro atoms. The number of nitrogens with two attached hydrogens (primary N) is 1. The predicted octanol–water partition coefficient (Wildman–Crippen LogP) is 1.54. The summed E-state index contributed by atoms with van der Waals surface area (Å²) in [7, 11) is 0. The van der Waals surface area contributed by atoms with Gasteiger partial charge < -0.3 is 10.6 Å². The molecule has 0 radical (unpaired) electrons. The van der Waals surface area contributed by atoms with E-state index in [0.717, 1.165) is 25.8 Å². The summed E-state index contributed by atoms with van der Waals surface area (Å²) in [6.07, 6.45) is 5.40. The van der Waals surface area contributed by atoms with Crippen LogP contribution < -0.4 is 5.73 Å². The van der Waals surface area contributed by atoms with Crippen LogP contribution in [0.3, 0.4) is 0 Å². The third-order valence-electron chi connectivity index (χ3n) is 3.20. The van der Waals surface area contributed by atoms with Crippen molar-refractivity contribution in [1.29, 1.82) is 0 Å². The lowest BCUT2D eigenvalue weighted by Gasteiger charge is -2.37. The minimum atomic E-state index is 0.251. The first-order valence-corrected chi connectivity index (χ1v) is 5.79. The van der Waals surface area contributed by atoms with Gasteiger partial charge in [-0.15, -0.1) is 6.58 Å². The molecule has 3 heteroatoms. The summed E-state index contributed by atoms with van der Waals surface area (Å²) in [5.41, 5.74) is 5.66. The molecule has 0 aliphatic carbocycles. The van der Waals surface area contributed by atoms with E-state index in [0.29, 0.717) is 24.9 Å². The minimum absolute atomic E-state index is 0.251. The van der Waals surface area contributed by atoms with Crippen LogP contribution in [0.5, 0.6) is 0 Å². The van der Waals surface area contributed by atoms with E-state index in [4.69, 9.17) is 5.73 Å². The van der Waals surface area contributed by atoms with Crippen molar-refractivity contribution >= 4 is 5.91 Å². The van der Waals surface area contributed by atoms with E-state index in [-0.39, 0.29) is 5.91 Å². The highest BCUT2D eigenvalue weighted by molar-refractivity contribution is 5.76. The molecule has 0 aromatic heterocycles. The molecule has 1 fully saturated rings. The van der Waals surface area contributed by atoms with Crippen molar-refractivity contribution in [2.75, 3.05) is 13.1 Å². The molecule has 1 aliphatic heterocycles. The molecule has 1 saturated heterocycles. The van der Waals surface area contributed by atoms with Crippen molar-refractivity contribution in [1.82, 2.24) is 4.90 Å². The Kier molecular flexibility index (Phi) is 4.82. The van der Waals surface area contributed by atoms with E-state index in [9.17, 15) is 4.79 Å². The summed E-state index contributed by atoms with van der Waals surface area (Å²) in [5, 5.41) is 0. The van der Waals surface area contributed by atoms with E-state index >= 15 is 0 Å². The largest absolute Gasteiger partial charge is 0.340 e. The molecule has 1 rings (SSSR count). The summed E-state index contributed by atoms with van der Waals surface area (Å²) in [6.45, 7) is 7.29. The third kappa shape index (κ3) is 3.34. The van der Waals surface area contributed by atoms with Crippen LogP contribution in [0.15, 0.2) is 12.7 Å². The highest BCUT2D eigenvalue weighted by atomic mass is 16.2. The molecule has 2 atom stereocenters. The van der Waals surface area contributed by atoms with Gasteiger partial charge in [0.25, 0.3) is 0 Å². The number of hydrogen-bond donors (Lipinski definition) is 1. The second-order valence-electron chi connectivity index (χ2n) is 4.40. The number of amides is 1. The van der Waals surface area contributed by atoms with Crippen molar-refractivity contribution in [2.45, 2.75) is 38.6 Å². The normalized spacial score (nSPS) is 26.4. The van der Waals surface area contributed by atoms with Gasteiger partial charge in [0.15, 0.2) is 0 Å². The molecule has 0 aromatic carbocycles. The Bertz CT molecular complexity index is 228. The van der Waals surface area contributed by atoms with Crippen LogP contribution >= 0.6 is 0 Å². The number of carbonyl (C=O) groups excluding carboxylic acids is 1. The van der Waals surface area contributed by atoms with Gasteiger partial charge in [-0.3, -0.25) is 4.79 Å². The second-order valence-corrected chi connectivity index (χ2v) is 4.40. The van der Waals surface area contributed by atoms with E-state index in [1.165, 1.54) is 0 Å². The van der Waals surface area contributed by atoms with Crippen LogP contribution in [0.25, 0.3) is 0 Å². The van der Waals surface area contributed by atoms with Gasteiger partial charge in [-0.25, -0.2) is 0 Å². The monoisotopic (exact) mass is 210 g/mol. The quantitative estimate of drug-likeness (QED) is 0.715. The molecule has 3 nitrogen and oxygen atoms in total. The van der Waals surface area contributed by atoms with Crippen molar-refractivity contribution in [3.8, 4) is 0 Å². The fraction of sp³-hybridized carbons (Fsp3) is 0.750. The minimum Gasteiger partial charge on any atom is -0.340 e. The number of nitrogens with zero attached hydrogens (tertiary/aromatic N) is 1. The standard InChI is InChI=1S/C12H22N2O/c1-3-4-5-12(15)14-9-11(8-13)7-6-10(14)2/h3,10-11H,1,4-9,13H2,2H3. The van der Waals surface area contributed by atoms with Gasteiger partial charge in [0, 0.05) is 19.0 Å². The van der Waals surface area contributed by atoms with Crippen LogP contribution in [0.4, 0.5) is 0 Å². The number of carbonyl (C=O) groups is 1. The molecule has 1 heterocycles. The van der Waals surface area contributed by atoms with Crippen molar-refractivity contribution in [3.05, 3.63) is 12.7 Å². The average Bonchev–Trinajstić information content (AvgIpc) is 2.26. The van der Waals surface area contributed by atoms with E-state index < -0.39 is 0 Å². The molecular formula is C12H22N2O. The summed E-state index contributed by atoms with van der Waals surface area (Å²) < 4.78 is 0. The molecule has 0 saturated carbocycles.